The largest absolute Gasteiger partial charge is 0.492 e. The smallest absolute Gasteiger partial charge is 0.137 e. The van der Waals surface area contributed by atoms with Crippen molar-refractivity contribution in [1.29, 1.82) is 5.26 Å². The molecule has 1 saturated heterocycles. The van der Waals surface area contributed by atoms with E-state index in [1.807, 2.05) is 18.2 Å². The summed E-state index contributed by atoms with van der Waals surface area (Å²) in [4.78, 5) is 2.42. The van der Waals surface area contributed by atoms with Crippen LogP contribution in [0.5, 0.6) is 5.75 Å². The van der Waals surface area contributed by atoms with E-state index in [9.17, 15) is 0 Å². The van der Waals surface area contributed by atoms with Crippen molar-refractivity contribution in [3.63, 3.8) is 0 Å². The van der Waals surface area contributed by atoms with Gasteiger partial charge in [-0.2, -0.15) is 5.26 Å². The molecule has 0 aromatic heterocycles. The summed E-state index contributed by atoms with van der Waals surface area (Å²) in [7, 11) is 0. The zero-order valence-corrected chi connectivity index (χ0v) is 12.4. The van der Waals surface area contributed by atoms with E-state index in [1.165, 1.54) is 0 Å². The van der Waals surface area contributed by atoms with Gasteiger partial charge >= 0.3 is 0 Å². The number of nitriles is 1. The molecule has 0 N–H and O–H groups in total. The van der Waals surface area contributed by atoms with Crippen LogP contribution in [-0.4, -0.2) is 44.4 Å². The summed E-state index contributed by atoms with van der Waals surface area (Å²) in [6.45, 7) is 5.56. The molecule has 1 aliphatic heterocycles. The Morgan fingerprint density at radius 1 is 1.20 bits per heavy atom. The standard InChI is InChI=1S/C15H20N2O2.ClH/c16-13-14-5-1-2-6-15(14)19-10-4-3-7-17-8-11-18-12-9-17;/h1-2,5-6H,3-4,7-12H2;1H. The Bertz CT molecular complexity index is 428. The lowest BCUT2D eigenvalue weighted by atomic mass is 10.2. The first-order chi connectivity index (χ1) is 9.40. The molecule has 1 fully saturated rings. The minimum atomic E-state index is 0. The number of ether oxygens (including phenoxy) is 2. The molecule has 110 valence electrons. The molecule has 0 atom stereocenters. The normalized spacial score (nSPS) is 15.2. The summed E-state index contributed by atoms with van der Waals surface area (Å²) in [5.41, 5.74) is 0.607. The Hall–Kier alpha value is -1.28. The van der Waals surface area contributed by atoms with Crippen LogP contribution in [0.15, 0.2) is 24.3 Å². The summed E-state index contributed by atoms with van der Waals surface area (Å²) in [5.74, 6) is 0.691. The predicted octanol–water partition coefficient (Wildman–Crippen LogP) is 2.47. The highest BCUT2D eigenvalue weighted by molar-refractivity contribution is 5.85. The van der Waals surface area contributed by atoms with Gasteiger partial charge in [0.1, 0.15) is 11.8 Å². The molecule has 1 aliphatic rings. The van der Waals surface area contributed by atoms with Crippen molar-refractivity contribution >= 4 is 12.4 Å². The number of unbranched alkanes of at least 4 members (excludes halogenated alkanes) is 1. The number of hydrogen-bond acceptors (Lipinski definition) is 4. The first-order valence-electron chi connectivity index (χ1n) is 6.82. The first kappa shape index (κ1) is 16.8. The average Bonchev–Trinajstić information content (AvgIpc) is 2.48. The van der Waals surface area contributed by atoms with Gasteiger partial charge in [-0.05, 0) is 31.5 Å². The fourth-order valence-electron chi connectivity index (χ4n) is 2.13. The predicted molar refractivity (Wildman–Crippen MR) is 80.4 cm³/mol. The van der Waals surface area contributed by atoms with E-state index in [0.717, 1.165) is 45.7 Å². The average molecular weight is 297 g/mol. The van der Waals surface area contributed by atoms with Crippen LogP contribution in [0.25, 0.3) is 0 Å². The van der Waals surface area contributed by atoms with Gasteiger partial charge in [-0.3, -0.25) is 4.90 Å². The maximum Gasteiger partial charge on any atom is 0.137 e. The lowest BCUT2D eigenvalue weighted by Gasteiger charge is -2.26. The topological polar surface area (TPSA) is 45.5 Å². The number of nitrogens with zero attached hydrogens (tertiary/aromatic N) is 2. The second-order valence-electron chi connectivity index (χ2n) is 4.62. The van der Waals surface area contributed by atoms with Gasteiger partial charge in [0.15, 0.2) is 0 Å². The molecule has 0 aliphatic carbocycles. The molecule has 20 heavy (non-hydrogen) atoms. The van der Waals surface area contributed by atoms with Crippen LogP contribution in [0, 0.1) is 11.3 Å². The molecule has 5 heteroatoms. The minimum absolute atomic E-state index is 0. The second kappa shape index (κ2) is 9.60. The molecule has 1 aromatic carbocycles. The van der Waals surface area contributed by atoms with Crippen molar-refractivity contribution in [3.8, 4) is 11.8 Å². The van der Waals surface area contributed by atoms with Gasteiger partial charge in [0.05, 0.1) is 25.4 Å². The lowest BCUT2D eigenvalue weighted by Crippen LogP contribution is -2.36. The zero-order chi connectivity index (χ0) is 13.3. The van der Waals surface area contributed by atoms with Crippen molar-refractivity contribution in [3.05, 3.63) is 29.8 Å². The highest BCUT2D eigenvalue weighted by Crippen LogP contribution is 2.16. The number of benzene rings is 1. The molecular formula is C15H21ClN2O2. The van der Waals surface area contributed by atoms with Gasteiger partial charge in [-0.25, -0.2) is 0 Å². The van der Waals surface area contributed by atoms with Crippen molar-refractivity contribution in [2.45, 2.75) is 12.8 Å². The van der Waals surface area contributed by atoms with Crippen LogP contribution in [0.3, 0.4) is 0 Å². The molecule has 0 spiro atoms. The van der Waals surface area contributed by atoms with Crippen molar-refractivity contribution in [1.82, 2.24) is 4.90 Å². The molecule has 0 amide bonds. The molecule has 1 aromatic rings. The van der Waals surface area contributed by atoms with Gasteiger partial charge in [0.25, 0.3) is 0 Å². The highest BCUT2D eigenvalue weighted by Gasteiger charge is 2.09. The van der Waals surface area contributed by atoms with E-state index in [2.05, 4.69) is 11.0 Å². The number of para-hydroxylation sites is 1. The molecule has 0 unspecified atom stereocenters. The van der Waals surface area contributed by atoms with Crippen LogP contribution in [0.4, 0.5) is 0 Å². The monoisotopic (exact) mass is 296 g/mol. The molecular weight excluding hydrogens is 276 g/mol. The Labute approximate surface area is 126 Å². The van der Waals surface area contributed by atoms with Gasteiger partial charge in [-0.15, -0.1) is 12.4 Å². The van der Waals surface area contributed by atoms with Crippen LogP contribution in [0.2, 0.25) is 0 Å². The van der Waals surface area contributed by atoms with Gasteiger partial charge in [0.2, 0.25) is 0 Å². The van der Waals surface area contributed by atoms with Crippen LogP contribution in [0.1, 0.15) is 18.4 Å². The molecule has 0 radical (unpaired) electrons. The fourth-order valence-corrected chi connectivity index (χ4v) is 2.13. The van der Waals surface area contributed by atoms with E-state index in [0.29, 0.717) is 17.9 Å². The van der Waals surface area contributed by atoms with Gasteiger partial charge in [0, 0.05) is 13.1 Å². The summed E-state index contributed by atoms with van der Waals surface area (Å²) < 4.78 is 11.0. The van der Waals surface area contributed by atoms with Crippen molar-refractivity contribution in [2.24, 2.45) is 0 Å². The zero-order valence-electron chi connectivity index (χ0n) is 11.6. The Morgan fingerprint density at radius 2 is 1.95 bits per heavy atom. The molecule has 1 heterocycles. The van der Waals surface area contributed by atoms with Gasteiger partial charge < -0.3 is 9.47 Å². The SMILES string of the molecule is Cl.N#Cc1ccccc1OCCCCN1CCOCC1. The highest BCUT2D eigenvalue weighted by atomic mass is 35.5. The van der Waals surface area contributed by atoms with E-state index in [4.69, 9.17) is 14.7 Å². The maximum absolute atomic E-state index is 8.94. The Kier molecular flexibility index (Phi) is 8.05. The summed E-state index contributed by atoms with van der Waals surface area (Å²) >= 11 is 0. The van der Waals surface area contributed by atoms with E-state index in [-0.39, 0.29) is 12.4 Å². The number of hydrogen-bond donors (Lipinski definition) is 0. The number of rotatable bonds is 6. The lowest BCUT2D eigenvalue weighted by molar-refractivity contribution is 0.0368. The quantitative estimate of drug-likeness (QED) is 0.757. The Balaban J connectivity index is 0.00000200. The summed E-state index contributed by atoms with van der Waals surface area (Å²) in [6, 6.07) is 9.51. The third-order valence-electron chi connectivity index (χ3n) is 3.24. The summed E-state index contributed by atoms with van der Waals surface area (Å²) in [5, 5.41) is 8.94. The van der Waals surface area contributed by atoms with E-state index < -0.39 is 0 Å². The van der Waals surface area contributed by atoms with Crippen molar-refractivity contribution in [2.75, 3.05) is 39.5 Å². The van der Waals surface area contributed by atoms with Crippen LogP contribution in [-0.2, 0) is 4.74 Å². The molecule has 0 bridgehead atoms. The summed E-state index contributed by atoms with van der Waals surface area (Å²) in [6.07, 6.45) is 2.13. The fraction of sp³-hybridized carbons (Fsp3) is 0.533. The first-order valence-corrected chi connectivity index (χ1v) is 6.82. The second-order valence-corrected chi connectivity index (χ2v) is 4.62. The van der Waals surface area contributed by atoms with E-state index in [1.54, 1.807) is 6.07 Å². The molecule has 0 saturated carbocycles. The van der Waals surface area contributed by atoms with E-state index >= 15 is 0 Å². The third kappa shape index (κ3) is 5.38. The Morgan fingerprint density at radius 3 is 2.70 bits per heavy atom. The van der Waals surface area contributed by atoms with Crippen LogP contribution < -0.4 is 4.74 Å². The van der Waals surface area contributed by atoms with Crippen molar-refractivity contribution < 1.29 is 9.47 Å². The maximum atomic E-state index is 8.94. The van der Waals surface area contributed by atoms with Crippen LogP contribution >= 0.6 is 12.4 Å². The molecule has 4 nitrogen and oxygen atoms in total. The number of morpholine rings is 1. The minimum Gasteiger partial charge on any atom is -0.492 e. The third-order valence-corrected chi connectivity index (χ3v) is 3.24. The molecule has 2 rings (SSSR count). The van der Waals surface area contributed by atoms with Gasteiger partial charge in [-0.1, -0.05) is 12.1 Å². The number of halogens is 1.